The van der Waals surface area contributed by atoms with Gasteiger partial charge in [-0.25, -0.2) is 0 Å². The van der Waals surface area contributed by atoms with Crippen LogP contribution in [0.2, 0.25) is 0 Å². The van der Waals surface area contributed by atoms with E-state index in [0.717, 1.165) is 30.9 Å². The Labute approximate surface area is 129 Å². The van der Waals surface area contributed by atoms with Crippen LogP contribution in [0.4, 0.5) is 0 Å². The SMILES string of the molecule is COc1ccc2c3c1O[C@H]1C(=O)C=C[C@H]4[C@@H](C2)[NH+](C)CC[C@]314. The van der Waals surface area contributed by atoms with Gasteiger partial charge in [-0.05, 0) is 17.7 Å². The molecule has 2 aliphatic carbocycles. The van der Waals surface area contributed by atoms with Gasteiger partial charge in [0.2, 0.25) is 0 Å². The van der Waals surface area contributed by atoms with Crippen LogP contribution in [0.1, 0.15) is 17.5 Å². The van der Waals surface area contributed by atoms with Crippen LogP contribution in [0.5, 0.6) is 11.5 Å². The van der Waals surface area contributed by atoms with Crippen molar-refractivity contribution in [2.24, 2.45) is 5.92 Å². The lowest BCUT2D eigenvalue weighted by atomic mass is 9.53. The number of benzene rings is 1. The molecule has 0 radical (unpaired) electrons. The van der Waals surface area contributed by atoms with E-state index >= 15 is 0 Å². The minimum absolute atomic E-state index is 0.112. The first kappa shape index (κ1) is 12.7. The molecule has 4 heteroatoms. The first-order valence-electron chi connectivity index (χ1n) is 8.08. The number of carbonyl (C=O) groups excluding carboxylic acids is 1. The summed E-state index contributed by atoms with van der Waals surface area (Å²) in [7, 11) is 3.95. The van der Waals surface area contributed by atoms with Gasteiger partial charge in [-0.1, -0.05) is 12.1 Å². The fourth-order valence-electron chi connectivity index (χ4n) is 5.38. The number of rotatable bonds is 1. The third kappa shape index (κ3) is 1.23. The van der Waals surface area contributed by atoms with Crippen molar-refractivity contribution in [3.63, 3.8) is 0 Å². The molecule has 4 nitrogen and oxygen atoms in total. The molecule has 0 saturated carbocycles. The van der Waals surface area contributed by atoms with Gasteiger partial charge in [-0.2, -0.15) is 0 Å². The zero-order valence-electron chi connectivity index (χ0n) is 12.9. The molecule has 2 heterocycles. The predicted molar refractivity (Wildman–Crippen MR) is 80.6 cm³/mol. The first-order chi connectivity index (χ1) is 10.7. The average Bonchev–Trinajstić information content (AvgIpc) is 2.88. The Morgan fingerprint density at radius 3 is 3.09 bits per heavy atom. The topological polar surface area (TPSA) is 40.0 Å². The lowest BCUT2D eigenvalue weighted by Crippen LogP contribution is -3.16. The molecule has 1 aromatic carbocycles. The van der Waals surface area contributed by atoms with Gasteiger partial charge < -0.3 is 14.4 Å². The van der Waals surface area contributed by atoms with Crippen LogP contribution >= 0.6 is 0 Å². The summed E-state index contributed by atoms with van der Waals surface area (Å²) in [4.78, 5) is 14.1. The number of quaternary nitrogens is 1. The number of piperidine rings is 1. The standard InChI is InChI=1S/C18H19NO3/c1-19-8-7-18-11-4-5-13(20)17(18)22-16-14(21-2)6-3-10(15(16)18)9-12(11)19/h3-6,11-12,17H,7-9H2,1-2H3/p+1/t11-,12+,17-,18-/m0/s1. The molecule has 1 fully saturated rings. The fraction of sp³-hybridized carbons (Fsp3) is 0.500. The maximum Gasteiger partial charge on any atom is 0.196 e. The minimum Gasteiger partial charge on any atom is -0.493 e. The summed E-state index contributed by atoms with van der Waals surface area (Å²) in [6.07, 6.45) is 5.62. The largest absolute Gasteiger partial charge is 0.493 e. The molecule has 22 heavy (non-hydrogen) atoms. The summed E-state index contributed by atoms with van der Waals surface area (Å²) >= 11 is 0. The lowest BCUT2D eigenvalue weighted by molar-refractivity contribution is -0.917. The minimum atomic E-state index is -0.358. The monoisotopic (exact) mass is 298 g/mol. The van der Waals surface area contributed by atoms with Crippen molar-refractivity contribution in [2.45, 2.75) is 30.4 Å². The molecule has 1 saturated heterocycles. The van der Waals surface area contributed by atoms with E-state index in [2.05, 4.69) is 19.2 Å². The summed E-state index contributed by atoms with van der Waals surface area (Å²) in [6.45, 7) is 1.10. The van der Waals surface area contributed by atoms with Crippen LogP contribution < -0.4 is 14.4 Å². The van der Waals surface area contributed by atoms with Gasteiger partial charge in [0, 0.05) is 24.3 Å². The first-order valence-corrected chi connectivity index (χ1v) is 8.08. The second-order valence-corrected chi connectivity index (χ2v) is 7.11. The summed E-state index contributed by atoms with van der Waals surface area (Å²) in [5.41, 5.74) is 2.46. The van der Waals surface area contributed by atoms with Crippen LogP contribution in [-0.2, 0) is 16.6 Å². The average molecular weight is 298 g/mol. The summed E-state index contributed by atoms with van der Waals surface area (Å²) in [5.74, 6) is 2.09. The van der Waals surface area contributed by atoms with Crippen molar-refractivity contribution < 1.29 is 19.2 Å². The van der Waals surface area contributed by atoms with E-state index in [0.29, 0.717) is 12.0 Å². The fourth-order valence-corrected chi connectivity index (χ4v) is 5.38. The Morgan fingerprint density at radius 1 is 1.41 bits per heavy atom. The van der Waals surface area contributed by atoms with E-state index < -0.39 is 0 Å². The van der Waals surface area contributed by atoms with Gasteiger partial charge in [-0.15, -0.1) is 0 Å². The van der Waals surface area contributed by atoms with Crippen molar-refractivity contribution in [1.82, 2.24) is 0 Å². The molecule has 5 rings (SSSR count). The Morgan fingerprint density at radius 2 is 2.27 bits per heavy atom. The molecule has 0 amide bonds. The Balaban J connectivity index is 1.84. The summed E-state index contributed by atoms with van der Waals surface area (Å²) in [5, 5.41) is 0. The van der Waals surface area contributed by atoms with Gasteiger partial charge in [0.15, 0.2) is 23.4 Å². The molecule has 1 aromatic rings. The number of hydrogen-bond acceptors (Lipinski definition) is 3. The number of likely N-dealkylation sites (N-methyl/N-ethyl adjacent to an activating group) is 1. The van der Waals surface area contributed by atoms with Gasteiger partial charge in [0.1, 0.15) is 0 Å². The normalized spacial score (nSPS) is 40.2. The Bertz CT molecular complexity index is 725. The molecule has 114 valence electrons. The highest BCUT2D eigenvalue weighted by Gasteiger charge is 2.66. The van der Waals surface area contributed by atoms with Crippen molar-refractivity contribution in [2.75, 3.05) is 20.7 Å². The van der Waals surface area contributed by atoms with E-state index in [-0.39, 0.29) is 17.3 Å². The lowest BCUT2D eigenvalue weighted by Gasteiger charge is -2.52. The number of ether oxygens (including phenoxy) is 2. The van der Waals surface area contributed by atoms with Crippen molar-refractivity contribution in [1.29, 1.82) is 0 Å². The highest BCUT2D eigenvalue weighted by molar-refractivity contribution is 5.98. The molecule has 2 bridgehead atoms. The molecule has 2 aliphatic heterocycles. The van der Waals surface area contributed by atoms with E-state index in [1.165, 1.54) is 11.1 Å². The summed E-state index contributed by atoms with van der Waals surface area (Å²) in [6, 6.07) is 4.71. The molecule has 5 atom stereocenters. The number of carbonyl (C=O) groups is 1. The predicted octanol–water partition coefficient (Wildman–Crippen LogP) is 0.292. The second kappa shape index (κ2) is 3.93. The number of methoxy groups -OCH3 is 1. The van der Waals surface area contributed by atoms with Crippen molar-refractivity contribution in [3.8, 4) is 11.5 Å². The van der Waals surface area contributed by atoms with Crippen molar-refractivity contribution >= 4 is 5.78 Å². The van der Waals surface area contributed by atoms with Crippen LogP contribution in [0.25, 0.3) is 0 Å². The third-order valence-electron chi connectivity index (χ3n) is 6.36. The molecule has 0 aromatic heterocycles. The molecular formula is C18H20NO3+. The highest BCUT2D eigenvalue weighted by atomic mass is 16.5. The van der Waals surface area contributed by atoms with Gasteiger partial charge >= 0.3 is 0 Å². The van der Waals surface area contributed by atoms with Crippen LogP contribution in [0.3, 0.4) is 0 Å². The highest BCUT2D eigenvalue weighted by Crippen LogP contribution is 2.60. The van der Waals surface area contributed by atoms with Crippen LogP contribution in [0, 0.1) is 5.92 Å². The van der Waals surface area contributed by atoms with E-state index in [1.807, 2.05) is 6.07 Å². The molecule has 1 spiro atoms. The number of likely N-dealkylation sites (tertiary alicyclic amines) is 1. The molecule has 1 N–H and O–H groups in total. The zero-order chi connectivity index (χ0) is 15.1. The smallest absolute Gasteiger partial charge is 0.196 e. The third-order valence-corrected chi connectivity index (χ3v) is 6.36. The number of ketones is 1. The molecular weight excluding hydrogens is 278 g/mol. The second-order valence-electron chi connectivity index (χ2n) is 7.11. The maximum atomic E-state index is 12.5. The Kier molecular flexibility index (Phi) is 2.27. The van der Waals surface area contributed by atoms with E-state index in [4.69, 9.17) is 9.47 Å². The van der Waals surface area contributed by atoms with Gasteiger partial charge in [-0.3, -0.25) is 4.79 Å². The van der Waals surface area contributed by atoms with Crippen LogP contribution in [0.15, 0.2) is 24.3 Å². The van der Waals surface area contributed by atoms with E-state index in [9.17, 15) is 4.79 Å². The Hall–Kier alpha value is -1.81. The van der Waals surface area contributed by atoms with Gasteiger partial charge in [0.05, 0.1) is 32.2 Å². The van der Waals surface area contributed by atoms with E-state index in [1.54, 1.807) is 18.1 Å². The zero-order valence-corrected chi connectivity index (χ0v) is 12.9. The number of nitrogens with one attached hydrogen (secondary N) is 1. The quantitative estimate of drug-likeness (QED) is 0.810. The summed E-state index contributed by atoms with van der Waals surface area (Å²) < 4.78 is 11.7. The molecule has 1 unspecified atom stereocenters. The van der Waals surface area contributed by atoms with Crippen molar-refractivity contribution in [3.05, 3.63) is 35.4 Å². The number of hydrogen-bond donors (Lipinski definition) is 1. The maximum absolute atomic E-state index is 12.5. The van der Waals surface area contributed by atoms with Crippen LogP contribution in [-0.4, -0.2) is 38.6 Å². The molecule has 4 aliphatic rings. The van der Waals surface area contributed by atoms with Gasteiger partial charge in [0.25, 0.3) is 0 Å².